The van der Waals surface area contributed by atoms with Crippen molar-refractivity contribution in [3.8, 4) is 10.6 Å². The van der Waals surface area contributed by atoms with Crippen molar-refractivity contribution < 1.29 is 0 Å². The van der Waals surface area contributed by atoms with Gasteiger partial charge in [0.25, 0.3) is 0 Å². The second-order valence-electron chi connectivity index (χ2n) is 10.3. The number of hydrogen-bond donors (Lipinski definition) is 2. The molecule has 1 aliphatic rings. The Morgan fingerprint density at radius 1 is 0.610 bits per heavy atom. The molecule has 0 radical (unpaired) electrons. The van der Waals surface area contributed by atoms with Crippen LogP contribution in [-0.4, -0.2) is 10.8 Å². The van der Waals surface area contributed by atoms with E-state index in [9.17, 15) is 0 Å². The van der Waals surface area contributed by atoms with Crippen molar-refractivity contribution in [3.63, 3.8) is 0 Å². The standard InChI is InChI=1S/C36H26N4S/c1-3-11-24(12-4-1)33-38-34(25-13-5-2-6-14-25)40-35(39-33)27-18-20-29-26(22-27)19-21-31-32(29)37-36(41-31)30-17-9-15-23-10-7-8-16-28(23)30/h1-22,33,35,39H,(H,38,40). The van der Waals surface area contributed by atoms with Crippen LogP contribution in [0.15, 0.2) is 138 Å². The van der Waals surface area contributed by atoms with E-state index in [2.05, 4.69) is 132 Å². The minimum absolute atomic E-state index is 0.0612. The zero-order valence-electron chi connectivity index (χ0n) is 22.2. The maximum atomic E-state index is 5.17. The average molecular weight is 547 g/mol. The maximum absolute atomic E-state index is 5.17. The predicted octanol–water partition coefficient (Wildman–Crippen LogP) is 8.61. The zero-order chi connectivity index (χ0) is 27.2. The molecule has 2 atom stereocenters. The van der Waals surface area contributed by atoms with Crippen molar-refractivity contribution in [2.24, 2.45) is 4.99 Å². The fraction of sp³-hybridized carbons (Fsp3) is 0.0556. The molecular weight excluding hydrogens is 520 g/mol. The van der Waals surface area contributed by atoms with E-state index < -0.39 is 0 Å². The second kappa shape index (κ2) is 9.97. The number of aromatic nitrogens is 1. The highest BCUT2D eigenvalue weighted by molar-refractivity contribution is 7.21. The van der Waals surface area contributed by atoms with Crippen LogP contribution in [0.25, 0.3) is 42.3 Å². The van der Waals surface area contributed by atoms with Gasteiger partial charge in [-0.15, -0.1) is 11.3 Å². The van der Waals surface area contributed by atoms with Gasteiger partial charge in [0.1, 0.15) is 23.2 Å². The molecule has 41 heavy (non-hydrogen) atoms. The summed E-state index contributed by atoms with van der Waals surface area (Å²) in [7, 11) is 0. The van der Waals surface area contributed by atoms with Gasteiger partial charge >= 0.3 is 0 Å². The molecule has 0 saturated carbocycles. The van der Waals surface area contributed by atoms with Crippen LogP contribution >= 0.6 is 11.3 Å². The van der Waals surface area contributed by atoms with Crippen molar-refractivity contribution in [1.82, 2.24) is 15.6 Å². The summed E-state index contributed by atoms with van der Waals surface area (Å²) in [5, 5.41) is 13.2. The molecule has 0 spiro atoms. The molecule has 1 aliphatic heterocycles. The molecule has 196 valence electrons. The molecule has 1 aromatic heterocycles. The van der Waals surface area contributed by atoms with Crippen LogP contribution in [0.2, 0.25) is 0 Å². The van der Waals surface area contributed by atoms with E-state index in [0.29, 0.717) is 0 Å². The van der Waals surface area contributed by atoms with Crippen molar-refractivity contribution in [2.75, 3.05) is 0 Å². The number of hydrogen-bond acceptors (Lipinski definition) is 5. The Bertz CT molecular complexity index is 2060. The molecule has 2 unspecified atom stereocenters. The number of nitrogens with zero attached hydrogens (tertiary/aromatic N) is 2. The Morgan fingerprint density at radius 2 is 1.39 bits per heavy atom. The fourth-order valence-corrected chi connectivity index (χ4v) is 6.75. The van der Waals surface area contributed by atoms with E-state index in [1.165, 1.54) is 26.6 Å². The van der Waals surface area contributed by atoms with Crippen LogP contribution in [-0.2, 0) is 0 Å². The van der Waals surface area contributed by atoms with Gasteiger partial charge in [0.15, 0.2) is 0 Å². The van der Waals surface area contributed by atoms with Gasteiger partial charge in [0, 0.05) is 16.5 Å². The highest BCUT2D eigenvalue weighted by Gasteiger charge is 2.25. The van der Waals surface area contributed by atoms with Gasteiger partial charge in [-0.05, 0) is 39.4 Å². The summed E-state index contributed by atoms with van der Waals surface area (Å²) in [4.78, 5) is 10.3. The largest absolute Gasteiger partial charge is 0.350 e. The van der Waals surface area contributed by atoms with Crippen LogP contribution in [0.4, 0.5) is 0 Å². The van der Waals surface area contributed by atoms with Crippen molar-refractivity contribution in [3.05, 3.63) is 150 Å². The smallest absolute Gasteiger partial charge is 0.131 e. The van der Waals surface area contributed by atoms with Gasteiger partial charge in [-0.25, -0.2) is 9.98 Å². The zero-order valence-corrected chi connectivity index (χ0v) is 23.0. The molecule has 0 amide bonds. The molecule has 0 aliphatic carbocycles. The number of benzene rings is 6. The van der Waals surface area contributed by atoms with Crippen LogP contribution < -0.4 is 10.6 Å². The Morgan fingerprint density at radius 3 is 2.27 bits per heavy atom. The highest BCUT2D eigenvalue weighted by atomic mass is 32.1. The van der Waals surface area contributed by atoms with Crippen molar-refractivity contribution in [1.29, 1.82) is 0 Å². The average Bonchev–Trinajstić information content (AvgIpc) is 3.50. The Balaban J connectivity index is 1.21. The summed E-state index contributed by atoms with van der Waals surface area (Å²) in [5.74, 6) is 0.887. The Labute approximate surface area is 242 Å². The molecule has 8 rings (SSSR count). The number of nitrogens with one attached hydrogen (secondary N) is 2. The molecular formula is C36H26N4S. The van der Waals surface area contributed by atoms with Gasteiger partial charge in [0.05, 0.1) is 10.2 Å². The first-order chi connectivity index (χ1) is 20.3. The molecule has 5 heteroatoms. The van der Waals surface area contributed by atoms with Gasteiger partial charge in [-0.1, -0.05) is 121 Å². The minimum atomic E-state index is -0.196. The van der Waals surface area contributed by atoms with E-state index >= 15 is 0 Å². The molecule has 6 aromatic carbocycles. The number of amidine groups is 1. The lowest BCUT2D eigenvalue weighted by Gasteiger charge is -2.32. The molecule has 0 fully saturated rings. The Kier molecular flexibility index (Phi) is 5.83. The van der Waals surface area contributed by atoms with E-state index in [-0.39, 0.29) is 12.3 Å². The first kappa shape index (κ1) is 24.0. The summed E-state index contributed by atoms with van der Waals surface area (Å²) >= 11 is 1.75. The third kappa shape index (κ3) is 4.36. The summed E-state index contributed by atoms with van der Waals surface area (Å²) in [6.07, 6.45) is -0.257. The lowest BCUT2D eigenvalue weighted by molar-refractivity contribution is 0.409. The number of fused-ring (bicyclic) bond motifs is 4. The lowest BCUT2D eigenvalue weighted by Crippen LogP contribution is -2.44. The molecule has 0 saturated heterocycles. The third-order valence-electron chi connectivity index (χ3n) is 7.78. The van der Waals surface area contributed by atoms with E-state index in [1.54, 1.807) is 11.3 Å². The minimum Gasteiger partial charge on any atom is -0.350 e. The molecule has 2 N–H and O–H groups in total. The van der Waals surface area contributed by atoms with Gasteiger partial charge in [-0.2, -0.15) is 0 Å². The number of thiazole rings is 1. The third-order valence-corrected chi connectivity index (χ3v) is 8.83. The van der Waals surface area contributed by atoms with Crippen LogP contribution in [0.1, 0.15) is 29.0 Å². The van der Waals surface area contributed by atoms with Crippen LogP contribution in [0, 0.1) is 0 Å². The van der Waals surface area contributed by atoms with Gasteiger partial charge in [-0.3, -0.25) is 5.32 Å². The van der Waals surface area contributed by atoms with Crippen molar-refractivity contribution >= 4 is 48.9 Å². The normalized spacial score (nSPS) is 17.0. The molecule has 4 nitrogen and oxygen atoms in total. The fourth-order valence-electron chi connectivity index (χ4n) is 5.72. The van der Waals surface area contributed by atoms with E-state index in [0.717, 1.165) is 38.3 Å². The molecule has 0 bridgehead atoms. The summed E-state index contributed by atoms with van der Waals surface area (Å²) < 4.78 is 1.20. The second-order valence-corrected chi connectivity index (χ2v) is 11.4. The summed E-state index contributed by atoms with van der Waals surface area (Å²) in [5.41, 5.74) is 5.61. The predicted molar refractivity (Wildman–Crippen MR) is 171 cm³/mol. The monoisotopic (exact) mass is 546 g/mol. The molecule has 7 aromatic rings. The van der Waals surface area contributed by atoms with Gasteiger partial charge < -0.3 is 5.32 Å². The van der Waals surface area contributed by atoms with Crippen LogP contribution in [0.5, 0.6) is 0 Å². The quantitative estimate of drug-likeness (QED) is 0.232. The van der Waals surface area contributed by atoms with E-state index in [4.69, 9.17) is 9.98 Å². The Hall–Kier alpha value is -4.84. The van der Waals surface area contributed by atoms with E-state index in [1.807, 2.05) is 12.1 Å². The number of rotatable bonds is 4. The van der Waals surface area contributed by atoms with Crippen molar-refractivity contribution in [2.45, 2.75) is 12.3 Å². The highest BCUT2D eigenvalue weighted by Crippen LogP contribution is 2.38. The number of aliphatic imine (C=N–C) groups is 1. The topological polar surface area (TPSA) is 49.3 Å². The first-order valence-corrected chi connectivity index (χ1v) is 14.6. The summed E-state index contributed by atoms with van der Waals surface area (Å²) in [6.45, 7) is 0. The SMILES string of the molecule is c1ccc(C2=NC(c3ccc4c(ccc5sc(-c6cccc7ccccc67)nc54)c3)NC(c3ccccc3)N2)cc1. The first-order valence-electron chi connectivity index (χ1n) is 13.8. The maximum Gasteiger partial charge on any atom is 0.131 e. The molecule has 2 heterocycles. The van der Waals surface area contributed by atoms with Crippen LogP contribution in [0.3, 0.4) is 0 Å². The van der Waals surface area contributed by atoms with Gasteiger partial charge in [0.2, 0.25) is 0 Å². The summed E-state index contributed by atoms with van der Waals surface area (Å²) in [6, 6.07) is 46.8. The lowest BCUT2D eigenvalue weighted by atomic mass is 10.0.